The first-order valence-electron chi connectivity index (χ1n) is 6.46. The maximum Gasteiger partial charge on any atom is 0.0175 e. The molecule has 0 bridgehead atoms. The predicted molar refractivity (Wildman–Crippen MR) is 77.3 cm³/mol. The van der Waals surface area contributed by atoms with Gasteiger partial charge >= 0.3 is 0 Å². The highest BCUT2D eigenvalue weighted by molar-refractivity contribution is 9.10. The van der Waals surface area contributed by atoms with Crippen LogP contribution in [0.25, 0.3) is 0 Å². The van der Waals surface area contributed by atoms with Crippen molar-refractivity contribution in [3.05, 3.63) is 46.5 Å². The van der Waals surface area contributed by atoms with Crippen LogP contribution in [-0.2, 0) is 6.42 Å². The highest BCUT2D eigenvalue weighted by Crippen LogP contribution is 2.11. The summed E-state index contributed by atoms with van der Waals surface area (Å²) in [5.74, 6) is 0. The van der Waals surface area contributed by atoms with Gasteiger partial charge in [0.25, 0.3) is 0 Å². The molecular formula is C15H20BrN. The van der Waals surface area contributed by atoms with Crippen LogP contribution in [-0.4, -0.2) is 24.5 Å². The van der Waals surface area contributed by atoms with Crippen molar-refractivity contribution in [2.75, 3.05) is 19.6 Å². The number of halogens is 1. The van der Waals surface area contributed by atoms with Gasteiger partial charge in [-0.3, -0.25) is 4.90 Å². The Kier molecular flexibility index (Phi) is 5.27. The third kappa shape index (κ3) is 4.64. The third-order valence-electron chi connectivity index (χ3n) is 3.25. The molecule has 0 atom stereocenters. The van der Waals surface area contributed by atoms with Crippen LogP contribution in [0.2, 0.25) is 0 Å². The molecule has 0 unspecified atom stereocenters. The minimum absolute atomic E-state index is 1.04. The number of allylic oxidation sites excluding steroid dienone is 1. The van der Waals surface area contributed by atoms with Crippen LogP contribution in [0.3, 0.4) is 0 Å². The van der Waals surface area contributed by atoms with E-state index >= 15 is 0 Å². The molecular weight excluding hydrogens is 274 g/mol. The molecule has 2 heteroatoms. The van der Waals surface area contributed by atoms with E-state index in [1.165, 1.54) is 37.9 Å². The molecule has 1 heterocycles. The fourth-order valence-corrected chi connectivity index (χ4v) is 2.47. The van der Waals surface area contributed by atoms with Gasteiger partial charge < -0.3 is 0 Å². The van der Waals surface area contributed by atoms with E-state index in [9.17, 15) is 0 Å². The van der Waals surface area contributed by atoms with Gasteiger partial charge in [-0.05, 0) is 50.0 Å². The molecule has 92 valence electrons. The van der Waals surface area contributed by atoms with Crippen molar-refractivity contribution in [2.45, 2.75) is 25.7 Å². The standard InChI is InChI=1S/C15H20BrN/c16-15-9-7-14(8-10-15)6-2-5-13-17-11-3-1-4-12-17/h2,5,7-10H,1,3-4,6,11-13H2/b5-2+. The minimum Gasteiger partial charge on any atom is -0.300 e. The van der Waals surface area contributed by atoms with E-state index in [-0.39, 0.29) is 0 Å². The number of rotatable bonds is 4. The molecule has 1 aromatic rings. The first kappa shape index (κ1) is 12.8. The maximum absolute atomic E-state index is 3.45. The first-order valence-corrected chi connectivity index (χ1v) is 7.26. The van der Waals surface area contributed by atoms with Crippen LogP contribution < -0.4 is 0 Å². The Balaban J connectivity index is 1.72. The van der Waals surface area contributed by atoms with Crippen LogP contribution in [0, 0.1) is 0 Å². The smallest absolute Gasteiger partial charge is 0.0175 e. The zero-order chi connectivity index (χ0) is 11.9. The Morgan fingerprint density at radius 1 is 1.00 bits per heavy atom. The van der Waals surface area contributed by atoms with Crippen LogP contribution >= 0.6 is 15.9 Å². The summed E-state index contributed by atoms with van der Waals surface area (Å²) in [7, 11) is 0. The molecule has 1 nitrogen and oxygen atoms in total. The van der Waals surface area contributed by atoms with Gasteiger partial charge in [0.05, 0.1) is 0 Å². The fourth-order valence-electron chi connectivity index (χ4n) is 2.21. The molecule has 1 aliphatic heterocycles. The van der Waals surface area contributed by atoms with E-state index in [0.717, 1.165) is 17.4 Å². The summed E-state index contributed by atoms with van der Waals surface area (Å²) in [4.78, 5) is 2.54. The van der Waals surface area contributed by atoms with Gasteiger partial charge in [0.2, 0.25) is 0 Å². The Hall–Kier alpha value is -0.600. The second kappa shape index (κ2) is 6.97. The average Bonchev–Trinajstić information content (AvgIpc) is 2.38. The van der Waals surface area contributed by atoms with Crippen molar-refractivity contribution < 1.29 is 0 Å². The average molecular weight is 294 g/mol. The first-order chi connectivity index (χ1) is 8.34. The van der Waals surface area contributed by atoms with E-state index in [0.29, 0.717) is 0 Å². The second-order valence-electron chi connectivity index (χ2n) is 4.66. The van der Waals surface area contributed by atoms with E-state index in [4.69, 9.17) is 0 Å². The van der Waals surface area contributed by atoms with E-state index in [1.54, 1.807) is 0 Å². The van der Waals surface area contributed by atoms with Gasteiger partial charge in [-0.1, -0.05) is 46.6 Å². The summed E-state index contributed by atoms with van der Waals surface area (Å²) in [6.07, 6.45) is 9.81. The Bertz CT molecular complexity index is 350. The molecule has 0 amide bonds. The summed E-state index contributed by atoms with van der Waals surface area (Å²) >= 11 is 3.45. The van der Waals surface area contributed by atoms with Crippen molar-refractivity contribution in [2.24, 2.45) is 0 Å². The van der Waals surface area contributed by atoms with Crippen molar-refractivity contribution in [1.29, 1.82) is 0 Å². The molecule has 0 radical (unpaired) electrons. The third-order valence-corrected chi connectivity index (χ3v) is 3.77. The van der Waals surface area contributed by atoms with Gasteiger partial charge in [0.1, 0.15) is 0 Å². The number of benzene rings is 1. The molecule has 1 saturated heterocycles. The highest BCUT2D eigenvalue weighted by Gasteiger charge is 2.06. The molecule has 0 aromatic heterocycles. The summed E-state index contributed by atoms with van der Waals surface area (Å²) in [5.41, 5.74) is 1.38. The van der Waals surface area contributed by atoms with E-state index in [1.807, 2.05) is 0 Å². The van der Waals surface area contributed by atoms with Crippen LogP contribution in [0.15, 0.2) is 40.9 Å². The maximum atomic E-state index is 3.45. The molecule has 0 spiro atoms. The number of hydrogen-bond donors (Lipinski definition) is 0. The molecule has 1 fully saturated rings. The summed E-state index contributed by atoms with van der Waals surface area (Å²) in [6, 6.07) is 8.56. The molecule has 1 aliphatic rings. The number of hydrogen-bond acceptors (Lipinski definition) is 1. The highest BCUT2D eigenvalue weighted by atomic mass is 79.9. The van der Waals surface area contributed by atoms with E-state index in [2.05, 4.69) is 57.2 Å². The predicted octanol–water partition coefficient (Wildman–Crippen LogP) is 4.03. The lowest BCUT2D eigenvalue weighted by Crippen LogP contribution is -2.29. The zero-order valence-electron chi connectivity index (χ0n) is 10.2. The van der Waals surface area contributed by atoms with Gasteiger partial charge in [0, 0.05) is 11.0 Å². The SMILES string of the molecule is Brc1ccc(C/C=C/CN2CCCCC2)cc1. The Morgan fingerprint density at radius 2 is 1.71 bits per heavy atom. The second-order valence-corrected chi connectivity index (χ2v) is 5.58. The summed E-state index contributed by atoms with van der Waals surface area (Å²) in [5, 5.41) is 0. The lowest BCUT2D eigenvalue weighted by Gasteiger charge is -2.24. The molecule has 0 N–H and O–H groups in total. The Morgan fingerprint density at radius 3 is 2.41 bits per heavy atom. The number of likely N-dealkylation sites (tertiary alicyclic amines) is 1. The fraction of sp³-hybridized carbons (Fsp3) is 0.467. The van der Waals surface area contributed by atoms with Crippen LogP contribution in [0.1, 0.15) is 24.8 Å². The lowest BCUT2D eigenvalue weighted by atomic mass is 10.1. The Labute approximate surface area is 113 Å². The summed E-state index contributed by atoms with van der Waals surface area (Å²) < 4.78 is 1.15. The monoisotopic (exact) mass is 293 g/mol. The number of nitrogens with zero attached hydrogens (tertiary/aromatic N) is 1. The normalized spacial score (nSPS) is 17.7. The van der Waals surface area contributed by atoms with Crippen molar-refractivity contribution in [3.63, 3.8) is 0 Å². The van der Waals surface area contributed by atoms with E-state index < -0.39 is 0 Å². The van der Waals surface area contributed by atoms with Gasteiger partial charge in [-0.2, -0.15) is 0 Å². The van der Waals surface area contributed by atoms with Gasteiger partial charge in [-0.25, -0.2) is 0 Å². The molecule has 0 aliphatic carbocycles. The molecule has 17 heavy (non-hydrogen) atoms. The van der Waals surface area contributed by atoms with Crippen molar-refractivity contribution in [3.8, 4) is 0 Å². The molecule has 1 aromatic carbocycles. The largest absolute Gasteiger partial charge is 0.300 e. The zero-order valence-corrected chi connectivity index (χ0v) is 11.8. The number of piperidine rings is 1. The summed E-state index contributed by atoms with van der Waals surface area (Å²) in [6.45, 7) is 3.68. The van der Waals surface area contributed by atoms with Gasteiger partial charge in [-0.15, -0.1) is 0 Å². The van der Waals surface area contributed by atoms with Crippen molar-refractivity contribution in [1.82, 2.24) is 4.90 Å². The van der Waals surface area contributed by atoms with Crippen molar-refractivity contribution >= 4 is 15.9 Å². The lowest BCUT2D eigenvalue weighted by molar-refractivity contribution is 0.251. The van der Waals surface area contributed by atoms with Crippen LogP contribution in [0.4, 0.5) is 0 Å². The molecule has 2 rings (SSSR count). The van der Waals surface area contributed by atoms with Crippen LogP contribution in [0.5, 0.6) is 0 Å². The quantitative estimate of drug-likeness (QED) is 0.758. The van der Waals surface area contributed by atoms with Gasteiger partial charge in [0.15, 0.2) is 0 Å². The topological polar surface area (TPSA) is 3.24 Å². The molecule has 0 saturated carbocycles. The minimum atomic E-state index is 1.04.